The molecule has 0 aromatic heterocycles. The van der Waals surface area contributed by atoms with Crippen molar-refractivity contribution in [2.45, 2.75) is 6.92 Å². The van der Waals surface area contributed by atoms with Crippen molar-refractivity contribution in [1.82, 2.24) is 0 Å². The van der Waals surface area contributed by atoms with Crippen molar-refractivity contribution in [3.8, 4) is 34.5 Å². The highest BCUT2D eigenvalue weighted by atomic mass is 16.5. The van der Waals surface area contributed by atoms with Crippen LogP contribution in [0.4, 0.5) is 0 Å². The van der Waals surface area contributed by atoms with Gasteiger partial charge in [-0.1, -0.05) is 12.1 Å². The summed E-state index contributed by atoms with van der Waals surface area (Å²) >= 11 is 0. The number of hydrogen-bond acceptors (Lipinski definition) is 8. The van der Waals surface area contributed by atoms with Crippen molar-refractivity contribution >= 4 is 17.8 Å². The topological polar surface area (TPSA) is 89.5 Å². The second kappa shape index (κ2) is 9.80. The number of esters is 1. The molecule has 3 aromatic rings. The average molecular weight is 476 g/mol. The van der Waals surface area contributed by atoms with Crippen molar-refractivity contribution in [3.05, 3.63) is 76.5 Å². The normalized spacial score (nSPS) is 13.2. The van der Waals surface area contributed by atoms with Gasteiger partial charge in [0.15, 0.2) is 17.3 Å². The lowest BCUT2D eigenvalue weighted by Crippen LogP contribution is -2.10. The summed E-state index contributed by atoms with van der Waals surface area (Å²) in [5.74, 6) is 1.59. The number of allylic oxidation sites excluding steroid dienone is 1. The zero-order chi connectivity index (χ0) is 25.1. The average Bonchev–Trinajstić information content (AvgIpc) is 3.18. The van der Waals surface area contributed by atoms with Gasteiger partial charge in [-0.25, -0.2) is 4.79 Å². The fourth-order valence-corrected chi connectivity index (χ4v) is 3.75. The van der Waals surface area contributed by atoms with Crippen molar-refractivity contribution in [3.63, 3.8) is 0 Å². The van der Waals surface area contributed by atoms with E-state index < -0.39 is 5.97 Å². The third-order valence-electron chi connectivity index (χ3n) is 5.47. The third kappa shape index (κ3) is 4.63. The van der Waals surface area contributed by atoms with Crippen LogP contribution in [0.1, 0.15) is 31.8 Å². The fraction of sp³-hybridized carbons (Fsp3) is 0.185. The number of Topliss-reactive ketones (excluding diaryl/α,β-unsaturated/α-hetero) is 1. The molecule has 0 aliphatic carbocycles. The second-order valence-corrected chi connectivity index (χ2v) is 7.63. The van der Waals surface area contributed by atoms with Crippen LogP contribution in [0.3, 0.4) is 0 Å². The van der Waals surface area contributed by atoms with Gasteiger partial charge in [0, 0.05) is 6.07 Å². The molecule has 1 heterocycles. The van der Waals surface area contributed by atoms with Crippen molar-refractivity contribution in [1.29, 1.82) is 0 Å². The number of methoxy groups -OCH3 is 4. The standard InChI is InChI=1S/C27H24O8/c1-15-10-19(34-27(29)17-12-22(31-3)26(33-5)23(13-17)32-4)14-20-24(15)25(28)21(35-20)11-16-6-8-18(30-2)9-7-16/h6-14H,1-5H3/b21-11-. The van der Waals surface area contributed by atoms with Crippen LogP contribution in [0.2, 0.25) is 0 Å². The van der Waals surface area contributed by atoms with Crippen LogP contribution in [-0.2, 0) is 0 Å². The summed E-state index contributed by atoms with van der Waals surface area (Å²) in [7, 11) is 5.98. The first-order valence-electron chi connectivity index (χ1n) is 10.6. The number of benzene rings is 3. The Labute approximate surface area is 202 Å². The van der Waals surface area contributed by atoms with E-state index in [1.807, 2.05) is 12.1 Å². The van der Waals surface area contributed by atoms with E-state index in [1.165, 1.54) is 39.5 Å². The Hall–Kier alpha value is -4.46. The lowest BCUT2D eigenvalue weighted by molar-refractivity contribution is 0.0733. The van der Waals surface area contributed by atoms with Gasteiger partial charge in [-0.15, -0.1) is 0 Å². The van der Waals surface area contributed by atoms with Gasteiger partial charge in [-0.2, -0.15) is 0 Å². The molecule has 1 aliphatic rings. The van der Waals surface area contributed by atoms with Gasteiger partial charge >= 0.3 is 5.97 Å². The Balaban J connectivity index is 1.59. The molecular formula is C27H24O8. The Morgan fingerprint density at radius 3 is 2.06 bits per heavy atom. The van der Waals surface area contributed by atoms with Crippen LogP contribution in [-0.4, -0.2) is 40.2 Å². The number of hydrogen-bond donors (Lipinski definition) is 0. The zero-order valence-electron chi connectivity index (χ0n) is 20.0. The summed E-state index contributed by atoms with van der Waals surface area (Å²) in [6.45, 7) is 1.76. The molecule has 0 radical (unpaired) electrons. The number of aryl methyl sites for hydroxylation is 1. The van der Waals surface area contributed by atoms with E-state index in [1.54, 1.807) is 38.3 Å². The van der Waals surface area contributed by atoms with Crippen LogP contribution in [0, 0.1) is 6.92 Å². The Kier molecular flexibility index (Phi) is 6.64. The molecule has 0 unspecified atom stereocenters. The van der Waals surface area contributed by atoms with Gasteiger partial charge in [0.05, 0.1) is 39.6 Å². The number of rotatable bonds is 7. The predicted octanol–water partition coefficient (Wildman–Crippen LogP) is 4.86. The molecule has 0 saturated heterocycles. The molecule has 1 aliphatic heterocycles. The molecule has 3 aromatic carbocycles. The summed E-state index contributed by atoms with van der Waals surface area (Å²) in [5, 5.41) is 0. The van der Waals surface area contributed by atoms with Crippen LogP contribution in [0.15, 0.2) is 54.3 Å². The highest BCUT2D eigenvalue weighted by Crippen LogP contribution is 2.40. The first-order valence-corrected chi connectivity index (χ1v) is 10.6. The van der Waals surface area contributed by atoms with Gasteiger partial charge < -0.3 is 28.4 Å². The van der Waals surface area contributed by atoms with Crippen molar-refractivity contribution in [2.75, 3.05) is 28.4 Å². The molecular weight excluding hydrogens is 452 g/mol. The number of ketones is 1. The van der Waals surface area contributed by atoms with E-state index in [9.17, 15) is 9.59 Å². The molecule has 0 bridgehead atoms. The maximum atomic E-state index is 12.9. The molecule has 180 valence electrons. The van der Waals surface area contributed by atoms with Gasteiger partial charge in [-0.3, -0.25) is 4.79 Å². The SMILES string of the molecule is COc1ccc(/C=C2\Oc3cc(OC(=O)c4cc(OC)c(OC)c(OC)c4)cc(C)c3C2=O)cc1. The zero-order valence-corrected chi connectivity index (χ0v) is 20.0. The summed E-state index contributed by atoms with van der Waals surface area (Å²) in [5.41, 5.74) is 2.04. The smallest absolute Gasteiger partial charge is 0.343 e. The first-order chi connectivity index (χ1) is 16.9. The molecule has 0 fully saturated rings. The highest BCUT2D eigenvalue weighted by molar-refractivity contribution is 6.15. The molecule has 0 spiro atoms. The number of ether oxygens (including phenoxy) is 6. The van der Waals surface area contributed by atoms with E-state index in [2.05, 4.69) is 0 Å². The van der Waals surface area contributed by atoms with E-state index in [0.717, 1.165) is 5.56 Å². The monoisotopic (exact) mass is 476 g/mol. The quantitative estimate of drug-likeness (QED) is 0.271. The summed E-state index contributed by atoms with van der Waals surface area (Å²) < 4.78 is 32.5. The van der Waals surface area contributed by atoms with Crippen LogP contribution in [0.25, 0.3) is 6.08 Å². The van der Waals surface area contributed by atoms with Crippen LogP contribution >= 0.6 is 0 Å². The summed E-state index contributed by atoms with van der Waals surface area (Å²) in [4.78, 5) is 25.8. The van der Waals surface area contributed by atoms with E-state index in [4.69, 9.17) is 28.4 Å². The maximum absolute atomic E-state index is 12.9. The highest BCUT2D eigenvalue weighted by Gasteiger charge is 2.30. The Morgan fingerprint density at radius 1 is 0.829 bits per heavy atom. The minimum Gasteiger partial charge on any atom is -0.497 e. The number of carbonyl (C=O) groups is 2. The van der Waals surface area contributed by atoms with E-state index in [-0.39, 0.29) is 22.9 Å². The summed E-state index contributed by atoms with van der Waals surface area (Å²) in [6.07, 6.45) is 1.66. The summed E-state index contributed by atoms with van der Waals surface area (Å²) in [6, 6.07) is 13.4. The van der Waals surface area contributed by atoms with Crippen molar-refractivity contribution < 1.29 is 38.0 Å². The third-order valence-corrected chi connectivity index (χ3v) is 5.47. The van der Waals surface area contributed by atoms with Gasteiger partial charge in [0.25, 0.3) is 0 Å². The van der Waals surface area contributed by atoms with Crippen LogP contribution in [0.5, 0.6) is 34.5 Å². The van der Waals surface area contributed by atoms with E-state index >= 15 is 0 Å². The van der Waals surface area contributed by atoms with Crippen LogP contribution < -0.4 is 28.4 Å². The molecule has 0 saturated carbocycles. The number of fused-ring (bicyclic) bond motifs is 1. The van der Waals surface area contributed by atoms with Gasteiger partial charge in [0.1, 0.15) is 17.2 Å². The maximum Gasteiger partial charge on any atom is 0.343 e. The fourth-order valence-electron chi connectivity index (χ4n) is 3.75. The second-order valence-electron chi connectivity index (χ2n) is 7.63. The molecule has 4 rings (SSSR count). The lowest BCUT2D eigenvalue weighted by atomic mass is 10.0. The Bertz CT molecular complexity index is 1300. The molecule has 0 N–H and O–H groups in total. The van der Waals surface area contributed by atoms with Crippen molar-refractivity contribution in [2.24, 2.45) is 0 Å². The lowest BCUT2D eigenvalue weighted by Gasteiger charge is -2.14. The molecule has 8 nitrogen and oxygen atoms in total. The minimum absolute atomic E-state index is 0.182. The largest absolute Gasteiger partial charge is 0.497 e. The van der Waals surface area contributed by atoms with Gasteiger partial charge in [0.2, 0.25) is 11.5 Å². The van der Waals surface area contributed by atoms with Gasteiger partial charge in [-0.05, 0) is 54.5 Å². The molecule has 0 atom stereocenters. The predicted molar refractivity (Wildman–Crippen MR) is 128 cm³/mol. The Morgan fingerprint density at radius 2 is 1.49 bits per heavy atom. The minimum atomic E-state index is -0.637. The first kappa shape index (κ1) is 23.7. The number of carbonyl (C=O) groups excluding carboxylic acids is 2. The molecule has 8 heteroatoms. The van der Waals surface area contributed by atoms with E-state index in [0.29, 0.717) is 39.9 Å². The molecule has 35 heavy (non-hydrogen) atoms. The molecule has 0 amide bonds.